The summed E-state index contributed by atoms with van der Waals surface area (Å²) in [4.78, 5) is 27.1. The van der Waals surface area contributed by atoms with E-state index >= 15 is 0 Å². The maximum absolute atomic E-state index is 12.9. The summed E-state index contributed by atoms with van der Waals surface area (Å²) in [6, 6.07) is 19.6. The molecule has 3 N–H and O–H groups in total. The summed E-state index contributed by atoms with van der Waals surface area (Å²) >= 11 is 0. The van der Waals surface area contributed by atoms with Crippen LogP contribution < -0.4 is 4.90 Å². The standard InChI is InChI=1S/C23H17NO5/c25-17-11-9-16(10-12-17)24-20(15-7-4-8-18(26)13-15)19(22(28)23(24)29)21(27)14-5-2-1-3-6-14/h1-13,20,25-27H. The van der Waals surface area contributed by atoms with Gasteiger partial charge in [-0.15, -0.1) is 0 Å². The van der Waals surface area contributed by atoms with E-state index in [-0.39, 0.29) is 22.8 Å². The number of nitrogens with zero attached hydrogens (tertiary/aromatic N) is 1. The number of hydrogen-bond acceptors (Lipinski definition) is 5. The van der Waals surface area contributed by atoms with Gasteiger partial charge < -0.3 is 15.3 Å². The fourth-order valence-electron chi connectivity index (χ4n) is 3.47. The molecule has 0 spiro atoms. The van der Waals surface area contributed by atoms with Crippen LogP contribution in [0.15, 0.2) is 84.4 Å². The number of carbonyl (C=O) groups is 2. The predicted molar refractivity (Wildman–Crippen MR) is 107 cm³/mol. The van der Waals surface area contributed by atoms with E-state index in [0.29, 0.717) is 16.8 Å². The van der Waals surface area contributed by atoms with Gasteiger partial charge in [0.2, 0.25) is 0 Å². The Hall–Kier alpha value is -4.06. The average Bonchev–Trinajstić information content (AvgIpc) is 3.00. The number of benzene rings is 3. The number of phenolic OH excluding ortho intramolecular Hbond substituents is 2. The first-order valence-corrected chi connectivity index (χ1v) is 8.92. The van der Waals surface area contributed by atoms with E-state index in [1.54, 1.807) is 42.5 Å². The lowest BCUT2D eigenvalue weighted by Crippen LogP contribution is -2.29. The Morgan fingerprint density at radius 3 is 2.14 bits per heavy atom. The molecule has 144 valence electrons. The molecule has 1 heterocycles. The largest absolute Gasteiger partial charge is 0.508 e. The van der Waals surface area contributed by atoms with Crippen molar-refractivity contribution in [2.75, 3.05) is 4.90 Å². The Morgan fingerprint density at radius 1 is 0.793 bits per heavy atom. The zero-order valence-corrected chi connectivity index (χ0v) is 15.2. The van der Waals surface area contributed by atoms with Crippen LogP contribution >= 0.6 is 0 Å². The highest BCUT2D eigenvalue weighted by molar-refractivity contribution is 6.51. The van der Waals surface area contributed by atoms with Gasteiger partial charge in [-0.3, -0.25) is 14.5 Å². The normalized spacial score (nSPS) is 18.2. The summed E-state index contributed by atoms with van der Waals surface area (Å²) in [5.74, 6) is -1.94. The lowest BCUT2D eigenvalue weighted by Gasteiger charge is -2.25. The summed E-state index contributed by atoms with van der Waals surface area (Å²) < 4.78 is 0. The van der Waals surface area contributed by atoms with Crippen molar-refractivity contribution in [3.63, 3.8) is 0 Å². The maximum atomic E-state index is 12.9. The summed E-state index contributed by atoms with van der Waals surface area (Å²) in [5, 5.41) is 30.4. The van der Waals surface area contributed by atoms with E-state index in [1.807, 2.05) is 0 Å². The first-order valence-electron chi connectivity index (χ1n) is 8.92. The van der Waals surface area contributed by atoms with Crippen LogP contribution in [-0.2, 0) is 9.59 Å². The van der Waals surface area contributed by atoms with Gasteiger partial charge in [0.15, 0.2) is 0 Å². The van der Waals surface area contributed by atoms with Crippen LogP contribution in [0.5, 0.6) is 11.5 Å². The third kappa shape index (κ3) is 3.21. The van der Waals surface area contributed by atoms with E-state index in [0.717, 1.165) is 0 Å². The highest BCUT2D eigenvalue weighted by atomic mass is 16.3. The minimum Gasteiger partial charge on any atom is -0.508 e. The first kappa shape index (κ1) is 18.3. The molecule has 1 saturated heterocycles. The second kappa shape index (κ2) is 7.16. The molecule has 0 saturated carbocycles. The molecule has 0 bridgehead atoms. The smallest absolute Gasteiger partial charge is 0.300 e. The Morgan fingerprint density at radius 2 is 1.48 bits per heavy atom. The van der Waals surface area contributed by atoms with Crippen molar-refractivity contribution in [2.45, 2.75) is 6.04 Å². The molecule has 1 fully saturated rings. The summed E-state index contributed by atoms with van der Waals surface area (Å²) in [6.07, 6.45) is 0. The van der Waals surface area contributed by atoms with Crippen LogP contribution in [0.25, 0.3) is 5.76 Å². The Kier molecular flexibility index (Phi) is 4.52. The number of aliphatic hydroxyl groups excluding tert-OH is 1. The second-order valence-electron chi connectivity index (χ2n) is 6.65. The van der Waals surface area contributed by atoms with Gasteiger partial charge in [0, 0.05) is 11.3 Å². The fraction of sp³-hybridized carbons (Fsp3) is 0.0435. The van der Waals surface area contributed by atoms with Crippen LogP contribution in [0.3, 0.4) is 0 Å². The van der Waals surface area contributed by atoms with Crippen molar-refractivity contribution in [1.82, 2.24) is 0 Å². The van der Waals surface area contributed by atoms with Gasteiger partial charge in [-0.25, -0.2) is 0 Å². The SMILES string of the molecule is O=C1C(=O)N(c2ccc(O)cc2)C(c2cccc(O)c2)C1=C(O)c1ccccc1. The molecule has 1 unspecified atom stereocenters. The predicted octanol–water partition coefficient (Wildman–Crippen LogP) is 3.72. The second-order valence-corrected chi connectivity index (χ2v) is 6.65. The van der Waals surface area contributed by atoms with Gasteiger partial charge in [0.1, 0.15) is 17.3 Å². The van der Waals surface area contributed by atoms with Crippen molar-refractivity contribution >= 4 is 23.1 Å². The number of hydrogen-bond donors (Lipinski definition) is 3. The Bertz CT molecular complexity index is 1120. The van der Waals surface area contributed by atoms with Crippen LogP contribution in [0.4, 0.5) is 5.69 Å². The number of Topliss-reactive ketones (excluding diaryl/α,β-unsaturated/α-hetero) is 1. The highest BCUT2D eigenvalue weighted by Gasteiger charge is 2.47. The Balaban J connectivity index is 1.96. The molecule has 6 nitrogen and oxygen atoms in total. The van der Waals surface area contributed by atoms with E-state index in [4.69, 9.17) is 0 Å². The van der Waals surface area contributed by atoms with Crippen molar-refractivity contribution in [3.8, 4) is 11.5 Å². The van der Waals surface area contributed by atoms with Crippen molar-refractivity contribution in [2.24, 2.45) is 0 Å². The minimum absolute atomic E-state index is 0.0172. The zero-order chi connectivity index (χ0) is 20.5. The highest BCUT2D eigenvalue weighted by Crippen LogP contribution is 2.42. The minimum atomic E-state index is -0.938. The number of carbonyl (C=O) groups excluding carboxylic acids is 2. The molecule has 3 aromatic carbocycles. The van der Waals surface area contributed by atoms with Crippen LogP contribution in [-0.4, -0.2) is 27.0 Å². The van der Waals surface area contributed by atoms with Gasteiger partial charge >= 0.3 is 0 Å². The van der Waals surface area contributed by atoms with Gasteiger partial charge in [0.25, 0.3) is 11.7 Å². The van der Waals surface area contributed by atoms with E-state index in [2.05, 4.69) is 0 Å². The number of aromatic hydroxyl groups is 2. The molecule has 0 aliphatic carbocycles. The number of aliphatic hydroxyl groups is 1. The van der Waals surface area contributed by atoms with Gasteiger partial charge in [0.05, 0.1) is 11.6 Å². The number of rotatable bonds is 3. The number of ketones is 1. The summed E-state index contributed by atoms with van der Waals surface area (Å²) in [5.41, 5.74) is 1.18. The summed E-state index contributed by atoms with van der Waals surface area (Å²) in [7, 11) is 0. The quantitative estimate of drug-likeness (QED) is 0.361. The number of phenols is 2. The third-order valence-corrected chi connectivity index (χ3v) is 4.81. The molecule has 29 heavy (non-hydrogen) atoms. The molecule has 1 aliphatic rings. The molecule has 6 heteroatoms. The lowest BCUT2D eigenvalue weighted by atomic mass is 9.95. The maximum Gasteiger partial charge on any atom is 0.300 e. The zero-order valence-electron chi connectivity index (χ0n) is 15.2. The van der Waals surface area contributed by atoms with Crippen molar-refractivity contribution < 1.29 is 24.9 Å². The van der Waals surface area contributed by atoms with Crippen LogP contribution in [0, 0.1) is 0 Å². The third-order valence-electron chi connectivity index (χ3n) is 4.81. The molecule has 0 radical (unpaired) electrons. The van der Waals surface area contributed by atoms with Crippen molar-refractivity contribution in [1.29, 1.82) is 0 Å². The number of amides is 1. The molecule has 1 amide bonds. The van der Waals surface area contributed by atoms with Crippen molar-refractivity contribution in [3.05, 3.63) is 95.6 Å². The first-order chi connectivity index (χ1) is 14.0. The molecule has 1 atom stereocenters. The van der Waals surface area contributed by atoms with Gasteiger partial charge in [-0.1, -0.05) is 42.5 Å². The van der Waals surface area contributed by atoms with Gasteiger partial charge in [-0.05, 0) is 42.0 Å². The molecular weight excluding hydrogens is 370 g/mol. The number of anilines is 1. The topological polar surface area (TPSA) is 98.1 Å². The van der Waals surface area contributed by atoms with Crippen LogP contribution in [0.1, 0.15) is 17.2 Å². The van der Waals surface area contributed by atoms with Gasteiger partial charge in [-0.2, -0.15) is 0 Å². The Labute approximate surface area is 166 Å². The molecular formula is C23H17NO5. The van der Waals surface area contributed by atoms with Crippen LogP contribution in [0.2, 0.25) is 0 Å². The molecule has 1 aliphatic heterocycles. The monoisotopic (exact) mass is 387 g/mol. The lowest BCUT2D eigenvalue weighted by molar-refractivity contribution is -0.132. The molecule has 4 rings (SSSR count). The fourth-order valence-corrected chi connectivity index (χ4v) is 3.47. The summed E-state index contributed by atoms with van der Waals surface area (Å²) in [6.45, 7) is 0. The van der Waals surface area contributed by atoms with E-state index in [9.17, 15) is 24.9 Å². The molecule has 0 aromatic heterocycles. The van der Waals surface area contributed by atoms with E-state index in [1.165, 1.54) is 41.3 Å². The average molecular weight is 387 g/mol. The van der Waals surface area contributed by atoms with E-state index < -0.39 is 17.7 Å². The molecule has 3 aromatic rings.